The molecule has 1 unspecified atom stereocenters. The first-order chi connectivity index (χ1) is 10.9. The van der Waals surface area contributed by atoms with Crippen LogP contribution in [0.2, 0.25) is 0 Å². The van der Waals surface area contributed by atoms with Crippen molar-refractivity contribution in [3.63, 3.8) is 0 Å². The van der Waals surface area contributed by atoms with Crippen molar-refractivity contribution in [2.45, 2.75) is 44.2 Å². The van der Waals surface area contributed by atoms with Crippen LogP contribution in [0.5, 0.6) is 0 Å². The number of ether oxygens (including phenoxy) is 1. The molecular weight excluding hydrogens is 301 g/mol. The molecule has 2 fully saturated rings. The van der Waals surface area contributed by atoms with Crippen LogP contribution in [-0.4, -0.2) is 35.2 Å². The molecule has 2 N–H and O–H groups in total. The van der Waals surface area contributed by atoms with E-state index in [4.69, 9.17) is 9.84 Å². The van der Waals surface area contributed by atoms with Crippen molar-refractivity contribution in [2.75, 3.05) is 6.61 Å². The zero-order valence-corrected chi connectivity index (χ0v) is 13.0. The van der Waals surface area contributed by atoms with E-state index in [9.17, 15) is 14.0 Å². The van der Waals surface area contributed by atoms with Crippen LogP contribution in [0.15, 0.2) is 18.2 Å². The smallest absolute Gasteiger partial charge is 0.306 e. The van der Waals surface area contributed by atoms with E-state index in [0.29, 0.717) is 43.4 Å². The van der Waals surface area contributed by atoms with Crippen LogP contribution in [0.4, 0.5) is 4.39 Å². The van der Waals surface area contributed by atoms with Gasteiger partial charge in [0.1, 0.15) is 5.82 Å². The number of amides is 1. The van der Waals surface area contributed by atoms with E-state index < -0.39 is 11.6 Å². The van der Waals surface area contributed by atoms with E-state index in [-0.39, 0.29) is 23.7 Å². The van der Waals surface area contributed by atoms with Gasteiger partial charge in [-0.2, -0.15) is 0 Å². The highest BCUT2D eigenvalue weighted by Gasteiger charge is 2.51. The SMILES string of the molecule is Cc1cc(C(=O)NC2CCOC3(C2)CC(C(=O)O)C3)ccc1F. The summed E-state index contributed by atoms with van der Waals surface area (Å²) in [5.74, 6) is -1.69. The maximum Gasteiger partial charge on any atom is 0.306 e. The van der Waals surface area contributed by atoms with Gasteiger partial charge in [-0.25, -0.2) is 4.39 Å². The molecule has 1 amide bonds. The van der Waals surface area contributed by atoms with Gasteiger partial charge < -0.3 is 15.2 Å². The predicted molar refractivity (Wildman–Crippen MR) is 80.7 cm³/mol. The fraction of sp³-hybridized carbons (Fsp3) is 0.529. The lowest BCUT2D eigenvalue weighted by atomic mass is 9.66. The van der Waals surface area contributed by atoms with Crippen molar-refractivity contribution in [3.8, 4) is 0 Å². The van der Waals surface area contributed by atoms with E-state index in [2.05, 4.69) is 5.32 Å². The number of aryl methyl sites for hydroxylation is 1. The molecule has 5 nitrogen and oxygen atoms in total. The Labute approximate surface area is 133 Å². The van der Waals surface area contributed by atoms with Gasteiger partial charge in [0.2, 0.25) is 0 Å². The lowest BCUT2D eigenvalue weighted by molar-refractivity contribution is -0.181. The first-order valence-corrected chi connectivity index (χ1v) is 7.82. The molecule has 1 aromatic carbocycles. The first kappa shape index (κ1) is 15.9. The van der Waals surface area contributed by atoms with Crippen LogP contribution in [0, 0.1) is 18.7 Å². The molecule has 1 spiro atoms. The number of benzene rings is 1. The molecule has 0 aromatic heterocycles. The van der Waals surface area contributed by atoms with E-state index in [1.165, 1.54) is 18.2 Å². The fourth-order valence-corrected chi connectivity index (χ4v) is 3.50. The minimum Gasteiger partial charge on any atom is -0.481 e. The Hall–Kier alpha value is -1.95. The van der Waals surface area contributed by atoms with Crippen molar-refractivity contribution < 1.29 is 23.8 Å². The second-order valence-electron chi connectivity index (χ2n) is 6.60. The Morgan fingerprint density at radius 3 is 2.74 bits per heavy atom. The van der Waals surface area contributed by atoms with Crippen LogP contribution < -0.4 is 5.32 Å². The standard InChI is InChI=1S/C17H20FNO4/c1-10-6-11(2-3-14(10)18)15(20)19-13-4-5-23-17(9-13)7-12(8-17)16(21)22/h2-3,6,12-13H,4-5,7-9H2,1H3,(H,19,20)(H,21,22). The molecule has 0 radical (unpaired) electrons. The van der Waals surface area contributed by atoms with Crippen molar-refractivity contribution in [1.82, 2.24) is 5.32 Å². The zero-order chi connectivity index (χ0) is 16.6. The van der Waals surface area contributed by atoms with Gasteiger partial charge in [-0.1, -0.05) is 0 Å². The molecule has 1 saturated heterocycles. The normalized spacial score (nSPS) is 29.8. The summed E-state index contributed by atoms with van der Waals surface area (Å²) in [6, 6.07) is 4.25. The van der Waals surface area contributed by atoms with Crippen molar-refractivity contribution >= 4 is 11.9 Å². The Morgan fingerprint density at radius 2 is 2.09 bits per heavy atom. The van der Waals surface area contributed by atoms with Crippen molar-refractivity contribution in [3.05, 3.63) is 35.1 Å². The summed E-state index contributed by atoms with van der Waals surface area (Å²) >= 11 is 0. The number of carboxylic acid groups (broad SMARTS) is 1. The van der Waals surface area contributed by atoms with Gasteiger partial charge >= 0.3 is 5.97 Å². The molecular formula is C17H20FNO4. The number of carboxylic acids is 1. The average molecular weight is 321 g/mol. The van der Waals surface area contributed by atoms with Crippen LogP contribution in [0.25, 0.3) is 0 Å². The monoisotopic (exact) mass is 321 g/mol. The third-order valence-corrected chi connectivity index (χ3v) is 4.83. The molecule has 6 heteroatoms. The van der Waals surface area contributed by atoms with Gasteiger partial charge in [0.15, 0.2) is 0 Å². The number of rotatable bonds is 3. The Balaban J connectivity index is 1.60. The number of nitrogens with one attached hydrogen (secondary N) is 1. The van der Waals surface area contributed by atoms with Crippen LogP contribution >= 0.6 is 0 Å². The second kappa shape index (κ2) is 5.92. The number of halogens is 1. The number of hydrogen-bond acceptors (Lipinski definition) is 3. The lowest BCUT2D eigenvalue weighted by Gasteiger charge is -2.50. The third-order valence-electron chi connectivity index (χ3n) is 4.83. The Bertz CT molecular complexity index is 639. The van der Waals surface area contributed by atoms with Crippen LogP contribution in [0.1, 0.15) is 41.6 Å². The van der Waals surface area contributed by atoms with Gasteiger partial charge in [-0.15, -0.1) is 0 Å². The molecule has 23 heavy (non-hydrogen) atoms. The van der Waals surface area contributed by atoms with Crippen molar-refractivity contribution in [1.29, 1.82) is 0 Å². The topological polar surface area (TPSA) is 75.6 Å². The molecule has 124 valence electrons. The molecule has 1 saturated carbocycles. The largest absolute Gasteiger partial charge is 0.481 e. The zero-order valence-electron chi connectivity index (χ0n) is 13.0. The van der Waals surface area contributed by atoms with Crippen LogP contribution in [-0.2, 0) is 9.53 Å². The predicted octanol–water partition coefficient (Wildman–Crippen LogP) is 2.28. The maximum atomic E-state index is 13.3. The van der Waals surface area contributed by atoms with E-state index in [1.807, 2.05) is 0 Å². The molecule has 1 aliphatic heterocycles. The minimum atomic E-state index is -0.785. The highest BCUT2D eigenvalue weighted by Crippen LogP contribution is 2.46. The average Bonchev–Trinajstić information content (AvgIpc) is 2.47. The fourth-order valence-electron chi connectivity index (χ4n) is 3.50. The highest BCUT2D eigenvalue weighted by atomic mass is 19.1. The van der Waals surface area contributed by atoms with Gasteiger partial charge in [-0.05, 0) is 56.4 Å². The molecule has 3 rings (SSSR count). The quantitative estimate of drug-likeness (QED) is 0.895. The van der Waals surface area contributed by atoms with Gasteiger partial charge in [0, 0.05) is 18.2 Å². The number of carbonyl (C=O) groups is 2. The molecule has 1 aliphatic carbocycles. The first-order valence-electron chi connectivity index (χ1n) is 7.82. The van der Waals surface area contributed by atoms with E-state index in [1.54, 1.807) is 6.92 Å². The van der Waals surface area contributed by atoms with Gasteiger partial charge in [0.05, 0.1) is 11.5 Å². The molecule has 0 bridgehead atoms. The lowest BCUT2D eigenvalue weighted by Crippen LogP contribution is -2.56. The van der Waals surface area contributed by atoms with E-state index >= 15 is 0 Å². The maximum absolute atomic E-state index is 13.3. The minimum absolute atomic E-state index is 0.0450. The summed E-state index contributed by atoms with van der Waals surface area (Å²) < 4.78 is 19.1. The second-order valence-corrected chi connectivity index (χ2v) is 6.60. The third kappa shape index (κ3) is 3.22. The van der Waals surface area contributed by atoms with E-state index in [0.717, 1.165) is 0 Å². The summed E-state index contributed by atoms with van der Waals surface area (Å²) in [5, 5.41) is 12.0. The molecule has 1 heterocycles. The summed E-state index contributed by atoms with van der Waals surface area (Å²) in [4.78, 5) is 23.3. The summed E-state index contributed by atoms with van der Waals surface area (Å²) in [6.07, 6.45) is 2.34. The Kier molecular flexibility index (Phi) is 4.10. The summed E-state index contributed by atoms with van der Waals surface area (Å²) in [7, 11) is 0. The van der Waals surface area contributed by atoms with Gasteiger partial charge in [-0.3, -0.25) is 9.59 Å². The molecule has 2 aliphatic rings. The van der Waals surface area contributed by atoms with Crippen molar-refractivity contribution in [2.24, 2.45) is 5.92 Å². The number of carbonyl (C=O) groups excluding carboxylic acids is 1. The molecule has 1 aromatic rings. The highest BCUT2D eigenvalue weighted by molar-refractivity contribution is 5.94. The number of hydrogen-bond donors (Lipinski definition) is 2. The number of aliphatic carboxylic acids is 1. The van der Waals surface area contributed by atoms with Crippen LogP contribution in [0.3, 0.4) is 0 Å². The summed E-state index contributed by atoms with van der Waals surface area (Å²) in [6.45, 7) is 2.13. The molecule has 1 atom stereocenters. The van der Waals surface area contributed by atoms with Gasteiger partial charge in [0.25, 0.3) is 5.91 Å². The summed E-state index contributed by atoms with van der Waals surface area (Å²) in [5.41, 5.74) is 0.462. The Morgan fingerprint density at radius 1 is 1.35 bits per heavy atom.